The van der Waals surface area contributed by atoms with E-state index >= 15 is 0 Å². The molecule has 0 aromatic heterocycles. The molecule has 1 saturated heterocycles. The van der Waals surface area contributed by atoms with Crippen molar-refractivity contribution in [3.8, 4) is 0 Å². The van der Waals surface area contributed by atoms with Gasteiger partial charge < -0.3 is 4.90 Å². The normalized spacial score (nSPS) is 17.5. The highest BCUT2D eigenvalue weighted by Crippen LogP contribution is 2.29. The fourth-order valence-electron chi connectivity index (χ4n) is 1.95. The molecule has 1 aliphatic heterocycles. The molecular formula is C13H15ClN2O2. The van der Waals surface area contributed by atoms with Gasteiger partial charge in [-0.3, -0.25) is 4.79 Å². The molecule has 18 heavy (non-hydrogen) atoms. The van der Waals surface area contributed by atoms with Crippen molar-refractivity contribution in [2.24, 2.45) is 0 Å². The van der Waals surface area contributed by atoms with E-state index in [-0.39, 0.29) is 24.5 Å². The van der Waals surface area contributed by atoms with Crippen molar-refractivity contribution in [1.82, 2.24) is 4.90 Å². The van der Waals surface area contributed by atoms with Crippen LogP contribution in [0.25, 0.3) is 0 Å². The lowest BCUT2D eigenvalue weighted by molar-refractivity contribution is -0.116. The summed E-state index contributed by atoms with van der Waals surface area (Å²) in [7, 11) is 0. The monoisotopic (exact) mass is 266 g/mol. The molecule has 0 radical (unpaired) electrons. The number of hydrogen-bond donors (Lipinski definition) is 0. The molecule has 1 unspecified atom stereocenters. The molecule has 0 N–H and O–H groups in total. The first-order valence-corrected chi connectivity index (χ1v) is 6.32. The standard InChI is InChI=1S/C13H15ClN2O2/c1-3-9(2)15-8-12(17)16(13(15)18)11-7-5-4-6-10(11)14/h4-7,9H,3,8H2,1-2H3. The minimum absolute atomic E-state index is 0.0499. The molecule has 96 valence electrons. The highest BCUT2D eigenvalue weighted by atomic mass is 35.5. The number of rotatable bonds is 3. The van der Waals surface area contributed by atoms with Crippen molar-refractivity contribution >= 4 is 29.2 Å². The van der Waals surface area contributed by atoms with Gasteiger partial charge >= 0.3 is 6.03 Å². The van der Waals surface area contributed by atoms with Gasteiger partial charge in [-0.2, -0.15) is 0 Å². The second-order valence-corrected chi connectivity index (χ2v) is 4.76. The Morgan fingerprint density at radius 2 is 2.00 bits per heavy atom. The maximum atomic E-state index is 12.2. The first-order chi connectivity index (χ1) is 8.56. The quantitative estimate of drug-likeness (QED) is 0.790. The number of carbonyl (C=O) groups excluding carboxylic acids is 2. The van der Waals surface area contributed by atoms with Gasteiger partial charge in [0.2, 0.25) is 0 Å². The van der Waals surface area contributed by atoms with Crippen LogP contribution in [0.1, 0.15) is 20.3 Å². The van der Waals surface area contributed by atoms with Crippen molar-refractivity contribution in [2.45, 2.75) is 26.3 Å². The maximum absolute atomic E-state index is 12.2. The lowest BCUT2D eigenvalue weighted by Crippen LogP contribution is -2.37. The molecule has 0 aliphatic carbocycles. The Kier molecular flexibility index (Phi) is 3.57. The van der Waals surface area contributed by atoms with E-state index in [0.29, 0.717) is 10.7 Å². The number of nitrogens with zero attached hydrogens (tertiary/aromatic N) is 2. The number of anilines is 1. The average Bonchev–Trinajstić information content (AvgIpc) is 2.65. The largest absolute Gasteiger partial charge is 0.332 e. The summed E-state index contributed by atoms with van der Waals surface area (Å²) in [5.74, 6) is -0.228. The van der Waals surface area contributed by atoms with Gasteiger partial charge in [0.05, 0.1) is 10.7 Å². The van der Waals surface area contributed by atoms with Crippen LogP contribution in [0, 0.1) is 0 Å². The Labute approximate surface area is 111 Å². The molecular weight excluding hydrogens is 252 g/mol. The number of halogens is 1. The first kappa shape index (κ1) is 12.9. The van der Waals surface area contributed by atoms with Crippen LogP contribution in [0.2, 0.25) is 5.02 Å². The predicted octanol–water partition coefficient (Wildman–Crippen LogP) is 2.91. The van der Waals surface area contributed by atoms with Gasteiger partial charge in [0, 0.05) is 6.04 Å². The van der Waals surface area contributed by atoms with Gasteiger partial charge in [-0.1, -0.05) is 30.7 Å². The van der Waals surface area contributed by atoms with Crippen LogP contribution >= 0.6 is 11.6 Å². The second-order valence-electron chi connectivity index (χ2n) is 4.35. The smallest absolute Gasteiger partial charge is 0.312 e. The highest BCUT2D eigenvalue weighted by molar-refractivity contribution is 6.35. The van der Waals surface area contributed by atoms with Gasteiger partial charge in [0.25, 0.3) is 5.91 Å². The zero-order valence-corrected chi connectivity index (χ0v) is 11.1. The second kappa shape index (κ2) is 4.98. The van der Waals surface area contributed by atoms with E-state index in [0.717, 1.165) is 11.3 Å². The van der Waals surface area contributed by atoms with Crippen LogP contribution < -0.4 is 4.90 Å². The summed E-state index contributed by atoms with van der Waals surface area (Å²) in [6.45, 7) is 4.04. The minimum Gasteiger partial charge on any atom is -0.312 e. The van der Waals surface area contributed by atoms with Crippen LogP contribution in [0.15, 0.2) is 24.3 Å². The number of amides is 3. The minimum atomic E-state index is -0.289. The molecule has 1 heterocycles. The number of urea groups is 1. The molecule has 0 bridgehead atoms. The number of imide groups is 1. The molecule has 0 spiro atoms. The van der Waals surface area contributed by atoms with Crippen LogP contribution in [-0.4, -0.2) is 29.4 Å². The van der Waals surface area contributed by atoms with E-state index in [1.807, 2.05) is 13.8 Å². The summed E-state index contributed by atoms with van der Waals surface area (Å²) in [5, 5.41) is 0.408. The topological polar surface area (TPSA) is 40.6 Å². The van der Waals surface area contributed by atoms with E-state index in [1.54, 1.807) is 29.2 Å². The molecule has 0 saturated carbocycles. The Balaban J connectivity index is 2.33. The summed E-state index contributed by atoms with van der Waals surface area (Å²) in [5.41, 5.74) is 0.458. The molecule has 4 nitrogen and oxygen atoms in total. The molecule has 3 amide bonds. The Bertz CT molecular complexity index is 490. The number of para-hydroxylation sites is 1. The van der Waals surface area contributed by atoms with Crippen LogP contribution in [0.4, 0.5) is 10.5 Å². The van der Waals surface area contributed by atoms with E-state index < -0.39 is 0 Å². The number of carbonyl (C=O) groups is 2. The Hall–Kier alpha value is -1.55. The van der Waals surface area contributed by atoms with Gasteiger partial charge in [0.1, 0.15) is 6.54 Å². The fraction of sp³-hybridized carbons (Fsp3) is 0.385. The SMILES string of the molecule is CCC(C)N1CC(=O)N(c2ccccc2Cl)C1=O. The zero-order chi connectivity index (χ0) is 13.3. The maximum Gasteiger partial charge on any atom is 0.332 e. The molecule has 1 aromatic rings. The third-order valence-corrected chi connectivity index (χ3v) is 3.53. The molecule has 1 atom stereocenters. The Morgan fingerprint density at radius 1 is 1.33 bits per heavy atom. The Morgan fingerprint density at radius 3 is 2.61 bits per heavy atom. The summed E-state index contributed by atoms with van der Waals surface area (Å²) in [6.07, 6.45) is 0.815. The molecule has 1 aromatic carbocycles. The van der Waals surface area contributed by atoms with Gasteiger partial charge in [0.15, 0.2) is 0 Å². The van der Waals surface area contributed by atoms with Crippen LogP contribution in [0.3, 0.4) is 0 Å². The van der Waals surface area contributed by atoms with Gasteiger partial charge in [-0.15, -0.1) is 0 Å². The van der Waals surface area contributed by atoms with E-state index in [1.165, 1.54) is 0 Å². The molecule has 1 fully saturated rings. The van der Waals surface area contributed by atoms with Crippen LogP contribution in [0.5, 0.6) is 0 Å². The van der Waals surface area contributed by atoms with Crippen molar-refractivity contribution in [3.05, 3.63) is 29.3 Å². The average molecular weight is 267 g/mol. The van der Waals surface area contributed by atoms with Crippen molar-refractivity contribution in [1.29, 1.82) is 0 Å². The number of benzene rings is 1. The van der Waals surface area contributed by atoms with Crippen molar-refractivity contribution in [3.63, 3.8) is 0 Å². The van der Waals surface area contributed by atoms with Crippen molar-refractivity contribution in [2.75, 3.05) is 11.4 Å². The summed E-state index contributed by atoms with van der Waals surface area (Å²) in [4.78, 5) is 27.0. The van der Waals surface area contributed by atoms with Gasteiger partial charge in [-0.25, -0.2) is 9.69 Å². The molecule has 5 heteroatoms. The lowest BCUT2D eigenvalue weighted by Gasteiger charge is -2.22. The van der Waals surface area contributed by atoms with Crippen molar-refractivity contribution < 1.29 is 9.59 Å². The highest BCUT2D eigenvalue weighted by Gasteiger charge is 2.39. The number of hydrogen-bond acceptors (Lipinski definition) is 2. The first-order valence-electron chi connectivity index (χ1n) is 5.94. The van der Waals surface area contributed by atoms with E-state index in [4.69, 9.17) is 11.6 Å². The van der Waals surface area contributed by atoms with E-state index in [2.05, 4.69) is 0 Å². The summed E-state index contributed by atoms with van der Waals surface area (Å²) < 4.78 is 0. The molecule has 2 rings (SSSR count). The third kappa shape index (κ3) is 2.08. The summed E-state index contributed by atoms with van der Waals surface area (Å²) in [6, 6.07) is 6.63. The predicted molar refractivity (Wildman–Crippen MR) is 70.8 cm³/mol. The van der Waals surface area contributed by atoms with Gasteiger partial charge in [-0.05, 0) is 25.5 Å². The summed E-state index contributed by atoms with van der Waals surface area (Å²) >= 11 is 6.03. The fourth-order valence-corrected chi connectivity index (χ4v) is 2.17. The van der Waals surface area contributed by atoms with E-state index in [9.17, 15) is 9.59 Å². The van der Waals surface area contributed by atoms with Crippen LogP contribution in [-0.2, 0) is 4.79 Å². The molecule has 1 aliphatic rings. The zero-order valence-electron chi connectivity index (χ0n) is 10.4. The lowest BCUT2D eigenvalue weighted by atomic mass is 10.2. The third-order valence-electron chi connectivity index (χ3n) is 3.21.